The molecule has 0 radical (unpaired) electrons. The van der Waals surface area contributed by atoms with Gasteiger partial charge in [0.2, 0.25) is 0 Å². The van der Waals surface area contributed by atoms with E-state index in [-0.39, 0.29) is 17.4 Å². The van der Waals surface area contributed by atoms with E-state index in [1.807, 2.05) is 12.1 Å². The molecule has 0 saturated heterocycles. The van der Waals surface area contributed by atoms with Gasteiger partial charge in [-0.25, -0.2) is 0 Å². The SMILES string of the molecule is CCCCCCCCC(c1ccccc1)c1ccccc1-c1cc(O)ccc1O. The lowest BCUT2D eigenvalue weighted by atomic mass is 9.82. The van der Waals surface area contributed by atoms with E-state index in [0.717, 1.165) is 12.0 Å². The lowest BCUT2D eigenvalue weighted by molar-refractivity contribution is 0.462. The summed E-state index contributed by atoms with van der Waals surface area (Å²) in [5.74, 6) is 0.627. The maximum atomic E-state index is 10.5. The molecule has 0 aliphatic carbocycles. The fraction of sp³-hybridized carbons (Fsp3) is 0.333. The minimum atomic E-state index is 0.166. The van der Waals surface area contributed by atoms with Gasteiger partial charge in [-0.3, -0.25) is 0 Å². The van der Waals surface area contributed by atoms with Crippen LogP contribution in [0.2, 0.25) is 0 Å². The molecule has 2 nitrogen and oxygen atoms in total. The van der Waals surface area contributed by atoms with E-state index in [1.54, 1.807) is 12.1 Å². The van der Waals surface area contributed by atoms with E-state index in [1.165, 1.54) is 55.7 Å². The summed E-state index contributed by atoms with van der Waals surface area (Å²) in [7, 11) is 0. The number of hydrogen-bond donors (Lipinski definition) is 2. The van der Waals surface area contributed by atoms with E-state index in [2.05, 4.69) is 49.4 Å². The second kappa shape index (κ2) is 10.7. The predicted molar refractivity (Wildman–Crippen MR) is 121 cm³/mol. The molecule has 3 aromatic carbocycles. The Balaban J connectivity index is 1.91. The second-order valence-corrected chi connectivity index (χ2v) is 7.81. The highest BCUT2D eigenvalue weighted by atomic mass is 16.3. The van der Waals surface area contributed by atoms with Gasteiger partial charge in [0, 0.05) is 11.5 Å². The van der Waals surface area contributed by atoms with Crippen LogP contribution in [0, 0.1) is 0 Å². The summed E-state index contributed by atoms with van der Waals surface area (Å²) in [5, 5.41) is 20.4. The first-order valence-electron chi connectivity index (χ1n) is 10.9. The molecule has 0 heterocycles. The van der Waals surface area contributed by atoms with Gasteiger partial charge in [-0.2, -0.15) is 0 Å². The van der Waals surface area contributed by atoms with E-state index in [0.29, 0.717) is 5.56 Å². The van der Waals surface area contributed by atoms with Gasteiger partial charge >= 0.3 is 0 Å². The molecule has 0 aliphatic heterocycles. The van der Waals surface area contributed by atoms with Crippen molar-refractivity contribution in [3.8, 4) is 22.6 Å². The molecule has 0 fully saturated rings. The Morgan fingerprint density at radius 1 is 0.690 bits per heavy atom. The number of hydrogen-bond acceptors (Lipinski definition) is 2. The van der Waals surface area contributed by atoms with Gasteiger partial charge in [-0.1, -0.05) is 100 Å². The van der Waals surface area contributed by atoms with Gasteiger partial charge in [0.1, 0.15) is 11.5 Å². The number of phenolic OH excluding ortho intramolecular Hbond substituents is 2. The summed E-state index contributed by atoms with van der Waals surface area (Å²) in [6.07, 6.45) is 8.72. The molecule has 0 bridgehead atoms. The third-order valence-electron chi connectivity index (χ3n) is 5.65. The Morgan fingerprint density at radius 3 is 2.17 bits per heavy atom. The highest BCUT2D eigenvalue weighted by molar-refractivity contribution is 5.75. The Bertz CT molecular complexity index is 886. The van der Waals surface area contributed by atoms with Crippen LogP contribution in [0.5, 0.6) is 11.5 Å². The lowest BCUT2D eigenvalue weighted by Gasteiger charge is -2.22. The van der Waals surface area contributed by atoms with Gasteiger partial charge in [0.05, 0.1) is 0 Å². The monoisotopic (exact) mass is 388 g/mol. The maximum absolute atomic E-state index is 10.5. The van der Waals surface area contributed by atoms with Crippen LogP contribution in [0.1, 0.15) is 68.9 Å². The summed E-state index contributed by atoms with van der Waals surface area (Å²) in [6.45, 7) is 2.25. The average molecular weight is 389 g/mol. The molecule has 1 unspecified atom stereocenters. The number of unbranched alkanes of at least 4 members (excludes halogenated alkanes) is 5. The van der Waals surface area contributed by atoms with Crippen LogP contribution in [-0.2, 0) is 0 Å². The van der Waals surface area contributed by atoms with Crippen molar-refractivity contribution in [2.24, 2.45) is 0 Å². The van der Waals surface area contributed by atoms with Crippen molar-refractivity contribution in [2.75, 3.05) is 0 Å². The minimum Gasteiger partial charge on any atom is -0.508 e. The zero-order valence-electron chi connectivity index (χ0n) is 17.3. The van der Waals surface area contributed by atoms with Crippen LogP contribution in [0.4, 0.5) is 0 Å². The van der Waals surface area contributed by atoms with E-state index in [4.69, 9.17) is 0 Å². The average Bonchev–Trinajstić information content (AvgIpc) is 2.76. The van der Waals surface area contributed by atoms with Gasteiger partial charge in [0.25, 0.3) is 0 Å². The Morgan fingerprint density at radius 2 is 1.38 bits per heavy atom. The molecule has 2 N–H and O–H groups in total. The topological polar surface area (TPSA) is 40.5 Å². The van der Waals surface area contributed by atoms with Crippen LogP contribution >= 0.6 is 0 Å². The summed E-state index contributed by atoms with van der Waals surface area (Å²) in [4.78, 5) is 0. The van der Waals surface area contributed by atoms with Crippen molar-refractivity contribution >= 4 is 0 Å². The van der Waals surface area contributed by atoms with Gasteiger partial charge in [-0.05, 0) is 41.3 Å². The smallest absolute Gasteiger partial charge is 0.123 e. The summed E-state index contributed by atoms with van der Waals surface area (Å²) >= 11 is 0. The number of benzene rings is 3. The molecule has 0 amide bonds. The van der Waals surface area contributed by atoms with E-state index >= 15 is 0 Å². The number of aromatic hydroxyl groups is 2. The molecule has 0 aliphatic rings. The van der Waals surface area contributed by atoms with Gasteiger partial charge in [-0.15, -0.1) is 0 Å². The largest absolute Gasteiger partial charge is 0.508 e. The van der Waals surface area contributed by atoms with Crippen molar-refractivity contribution in [3.63, 3.8) is 0 Å². The second-order valence-electron chi connectivity index (χ2n) is 7.81. The van der Waals surface area contributed by atoms with Crippen LogP contribution in [0.3, 0.4) is 0 Å². The van der Waals surface area contributed by atoms with Crippen molar-refractivity contribution in [1.29, 1.82) is 0 Å². The molecular formula is C27H32O2. The Hall–Kier alpha value is -2.74. The summed E-state index contributed by atoms with van der Waals surface area (Å²) in [6, 6.07) is 23.6. The summed E-state index contributed by atoms with van der Waals surface area (Å²) in [5.41, 5.74) is 4.17. The normalized spacial score (nSPS) is 12.0. The highest BCUT2D eigenvalue weighted by Gasteiger charge is 2.19. The van der Waals surface area contributed by atoms with Gasteiger partial charge in [0.15, 0.2) is 0 Å². The molecule has 0 aromatic heterocycles. The number of rotatable bonds is 10. The van der Waals surface area contributed by atoms with E-state index in [9.17, 15) is 10.2 Å². The molecule has 3 rings (SSSR count). The Labute approximate surface area is 174 Å². The molecule has 2 heteroatoms. The summed E-state index contributed by atoms with van der Waals surface area (Å²) < 4.78 is 0. The van der Waals surface area contributed by atoms with Crippen LogP contribution in [0.15, 0.2) is 72.8 Å². The fourth-order valence-corrected chi connectivity index (χ4v) is 4.10. The van der Waals surface area contributed by atoms with Gasteiger partial charge < -0.3 is 10.2 Å². The predicted octanol–water partition coefficient (Wildman–Crippen LogP) is 7.65. The first-order chi connectivity index (χ1) is 14.2. The molecular weight excluding hydrogens is 356 g/mol. The molecule has 1 atom stereocenters. The minimum absolute atomic E-state index is 0.166. The van der Waals surface area contributed by atoms with Crippen molar-refractivity contribution in [3.05, 3.63) is 83.9 Å². The van der Waals surface area contributed by atoms with E-state index < -0.39 is 0 Å². The van der Waals surface area contributed by atoms with Crippen LogP contribution in [-0.4, -0.2) is 10.2 Å². The zero-order valence-corrected chi connectivity index (χ0v) is 17.3. The van der Waals surface area contributed by atoms with Crippen LogP contribution < -0.4 is 0 Å². The molecule has 29 heavy (non-hydrogen) atoms. The molecule has 0 saturated carbocycles. The molecule has 152 valence electrons. The quantitative estimate of drug-likeness (QED) is 0.277. The zero-order chi connectivity index (χ0) is 20.5. The third-order valence-corrected chi connectivity index (χ3v) is 5.65. The lowest BCUT2D eigenvalue weighted by Crippen LogP contribution is -2.04. The van der Waals surface area contributed by atoms with Crippen molar-refractivity contribution in [1.82, 2.24) is 0 Å². The van der Waals surface area contributed by atoms with Crippen molar-refractivity contribution in [2.45, 2.75) is 57.8 Å². The fourth-order valence-electron chi connectivity index (χ4n) is 4.10. The first-order valence-corrected chi connectivity index (χ1v) is 10.9. The third kappa shape index (κ3) is 5.63. The maximum Gasteiger partial charge on any atom is 0.123 e. The molecule has 0 spiro atoms. The van der Waals surface area contributed by atoms with Crippen molar-refractivity contribution < 1.29 is 10.2 Å². The molecule has 3 aromatic rings. The standard InChI is InChI=1S/C27H32O2/c1-2-3-4-5-6-10-15-23(21-13-8-7-9-14-21)24-16-11-12-17-25(24)26-20-22(28)18-19-27(26)29/h7-9,11-14,16-20,23,28-29H,2-6,10,15H2,1H3. The first kappa shape index (κ1) is 21.0. The van der Waals surface area contributed by atoms with Crippen LogP contribution in [0.25, 0.3) is 11.1 Å². The highest BCUT2D eigenvalue weighted by Crippen LogP contribution is 2.40. The Kier molecular flexibility index (Phi) is 7.75. The number of phenols is 2.